The van der Waals surface area contributed by atoms with E-state index in [-0.39, 0.29) is 10.9 Å². The van der Waals surface area contributed by atoms with Crippen LogP contribution in [-0.4, -0.2) is 45.0 Å². The molecule has 0 bridgehead atoms. The maximum atomic E-state index is 12.0. The summed E-state index contributed by atoms with van der Waals surface area (Å²) in [4.78, 5) is 6.05. The molecule has 102 valence electrons. The number of hydrogen-bond donors (Lipinski definition) is 2. The van der Waals surface area contributed by atoms with Crippen LogP contribution >= 0.6 is 0 Å². The molecule has 0 fully saturated rings. The van der Waals surface area contributed by atoms with Gasteiger partial charge >= 0.3 is 0 Å². The standard InChI is InChI=1S/C11H20N4O2S/c1-9(8-15(2)3)14-18(16,17)11-5-4-10(6-12)13-7-11/h4-5,7,9,14H,6,8,12H2,1-3H3. The molecular weight excluding hydrogens is 252 g/mol. The summed E-state index contributed by atoms with van der Waals surface area (Å²) in [5, 5.41) is 0. The molecule has 0 radical (unpaired) electrons. The minimum atomic E-state index is -3.51. The normalized spacial score (nSPS) is 13.8. The molecule has 0 aliphatic rings. The van der Waals surface area contributed by atoms with Crippen molar-refractivity contribution in [2.45, 2.75) is 24.4 Å². The first-order chi connectivity index (χ1) is 8.35. The lowest BCUT2D eigenvalue weighted by atomic mass is 10.3. The van der Waals surface area contributed by atoms with Crippen LogP contribution in [0, 0.1) is 0 Å². The number of nitrogens with two attached hydrogens (primary N) is 1. The lowest BCUT2D eigenvalue weighted by molar-refractivity contribution is 0.370. The van der Waals surface area contributed by atoms with Gasteiger partial charge in [0.2, 0.25) is 10.0 Å². The second-order valence-corrected chi connectivity index (χ2v) is 6.19. The van der Waals surface area contributed by atoms with Gasteiger partial charge in [-0.1, -0.05) is 0 Å². The summed E-state index contributed by atoms with van der Waals surface area (Å²) in [6.07, 6.45) is 1.33. The van der Waals surface area contributed by atoms with E-state index < -0.39 is 10.0 Å². The zero-order valence-corrected chi connectivity index (χ0v) is 11.7. The van der Waals surface area contributed by atoms with E-state index in [9.17, 15) is 8.42 Å². The van der Waals surface area contributed by atoms with E-state index in [4.69, 9.17) is 5.73 Å². The largest absolute Gasteiger partial charge is 0.325 e. The number of nitrogens with one attached hydrogen (secondary N) is 1. The van der Waals surface area contributed by atoms with Crippen molar-refractivity contribution in [3.05, 3.63) is 24.0 Å². The van der Waals surface area contributed by atoms with E-state index in [0.717, 1.165) is 0 Å². The van der Waals surface area contributed by atoms with Gasteiger partial charge in [0.05, 0.1) is 5.69 Å². The Morgan fingerprint density at radius 2 is 2.11 bits per heavy atom. The summed E-state index contributed by atoms with van der Waals surface area (Å²) in [5.74, 6) is 0. The zero-order valence-electron chi connectivity index (χ0n) is 10.9. The van der Waals surface area contributed by atoms with E-state index in [2.05, 4.69) is 9.71 Å². The van der Waals surface area contributed by atoms with E-state index in [1.165, 1.54) is 12.3 Å². The van der Waals surface area contributed by atoms with Gasteiger partial charge in [-0.15, -0.1) is 0 Å². The highest BCUT2D eigenvalue weighted by Gasteiger charge is 2.17. The van der Waals surface area contributed by atoms with Gasteiger partial charge in [0.15, 0.2) is 0 Å². The molecule has 0 amide bonds. The predicted octanol–water partition coefficient (Wildman–Crippen LogP) is -0.231. The molecule has 1 unspecified atom stereocenters. The molecular formula is C11H20N4O2S. The highest BCUT2D eigenvalue weighted by molar-refractivity contribution is 7.89. The highest BCUT2D eigenvalue weighted by atomic mass is 32.2. The van der Waals surface area contributed by atoms with Crippen LogP contribution in [-0.2, 0) is 16.6 Å². The molecule has 6 nitrogen and oxygen atoms in total. The quantitative estimate of drug-likeness (QED) is 0.747. The molecule has 3 N–H and O–H groups in total. The number of rotatable bonds is 6. The molecule has 0 saturated carbocycles. The fraction of sp³-hybridized carbons (Fsp3) is 0.545. The minimum absolute atomic E-state index is 0.158. The van der Waals surface area contributed by atoms with Crippen molar-refractivity contribution in [2.24, 2.45) is 5.73 Å². The Hall–Kier alpha value is -1.02. The SMILES string of the molecule is CC(CN(C)C)NS(=O)(=O)c1ccc(CN)nc1. The Morgan fingerprint density at radius 3 is 2.56 bits per heavy atom. The molecule has 1 heterocycles. The maximum absolute atomic E-state index is 12.0. The number of pyridine rings is 1. The fourth-order valence-corrected chi connectivity index (χ4v) is 2.79. The number of likely N-dealkylation sites (N-methyl/N-ethyl adjacent to an activating group) is 1. The van der Waals surface area contributed by atoms with Gasteiger partial charge in [-0.2, -0.15) is 0 Å². The summed E-state index contributed by atoms with van der Waals surface area (Å²) in [7, 11) is 0.272. The Balaban J connectivity index is 2.79. The molecule has 0 aliphatic carbocycles. The van der Waals surface area contributed by atoms with Crippen LogP contribution in [0.4, 0.5) is 0 Å². The molecule has 7 heteroatoms. The number of sulfonamides is 1. The maximum Gasteiger partial charge on any atom is 0.242 e. The van der Waals surface area contributed by atoms with Crippen molar-refractivity contribution >= 4 is 10.0 Å². The van der Waals surface area contributed by atoms with Crippen LogP contribution in [0.15, 0.2) is 23.2 Å². The average molecular weight is 272 g/mol. The lowest BCUT2D eigenvalue weighted by Crippen LogP contribution is -2.39. The smallest absolute Gasteiger partial charge is 0.242 e. The van der Waals surface area contributed by atoms with E-state index in [0.29, 0.717) is 18.8 Å². The molecule has 0 aliphatic heterocycles. The van der Waals surface area contributed by atoms with Gasteiger partial charge in [-0.3, -0.25) is 4.98 Å². The summed E-state index contributed by atoms with van der Waals surface area (Å²) in [6, 6.07) is 2.96. The Labute approximate surface area is 108 Å². The number of aromatic nitrogens is 1. The van der Waals surface area contributed by atoms with E-state index >= 15 is 0 Å². The molecule has 18 heavy (non-hydrogen) atoms. The fourth-order valence-electron chi connectivity index (χ4n) is 1.61. The molecule has 1 aromatic heterocycles. The summed E-state index contributed by atoms with van der Waals surface area (Å²) in [6.45, 7) is 2.75. The van der Waals surface area contributed by atoms with Gasteiger partial charge < -0.3 is 10.6 Å². The molecule has 1 rings (SSSR count). The van der Waals surface area contributed by atoms with Gasteiger partial charge in [0.1, 0.15) is 4.90 Å². The van der Waals surface area contributed by atoms with Crippen LogP contribution in [0.3, 0.4) is 0 Å². The van der Waals surface area contributed by atoms with Crippen molar-refractivity contribution in [3.8, 4) is 0 Å². The molecule has 1 aromatic rings. The summed E-state index contributed by atoms with van der Waals surface area (Å²) in [5.41, 5.74) is 6.07. The lowest BCUT2D eigenvalue weighted by Gasteiger charge is -2.18. The molecule has 0 spiro atoms. The summed E-state index contributed by atoms with van der Waals surface area (Å²) < 4.78 is 26.6. The van der Waals surface area contributed by atoms with E-state index in [1.807, 2.05) is 25.9 Å². The highest BCUT2D eigenvalue weighted by Crippen LogP contribution is 2.08. The van der Waals surface area contributed by atoms with Crippen molar-refractivity contribution in [1.29, 1.82) is 0 Å². The van der Waals surface area contributed by atoms with Gasteiger partial charge in [-0.25, -0.2) is 13.1 Å². The first kappa shape index (κ1) is 15.0. The van der Waals surface area contributed by atoms with Crippen LogP contribution in [0.1, 0.15) is 12.6 Å². The van der Waals surface area contributed by atoms with Gasteiger partial charge in [-0.05, 0) is 33.2 Å². The van der Waals surface area contributed by atoms with Crippen molar-refractivity contribution in [2.75, 3.05) is 20.6 Å². The Morgan fingerprint density at radius 1 is 1.44 bits per heavy atom. The van der Waals surface area contributed by atoms with Gasteiger partial charge in [0, 0.05) is 25.3 Å². The van der Waals surface area contributed by atoms with Crippen molar-refractivity contribution in [1.82, 2.24) is 14.6 Å². The first-order valence-corrected chi connectivity index (χ1v) is 7.15. The van der Waals surface area contributed by atoms with Crippen LogP contribution in [0.5, 0.6) is 0 Å². The summed E-state index contributed by atoms with van der Waals surface area (Å²) >= 11 is 0. The van der Waals surface area contributed by atoms with Crippen LogP contribution in [0.25, 0.3) is 0 Å². The van der Waals surface area contributed by atoms with Crippen LogP contribution in [0.2, 0.25) is 0 Å². The second kappa shape index (κ2) is 6.24. The first-order valence-electron chi connectivity index (χ1n) is 5.67. The molecule has 1 atom stereocenters. The van der Waals surface area contributed by atoms with E-state index in [1.54, 1.807) is 6.07 Å². The number of hydrogen-bond acceptors (Lipinski definition) is 5. The Kier molecular flexibility index (Phi) is 5.21. The average Bonchev–Trinajstić information content (AvgIpc) is 2.27. The minimum Gasteiger partial charge on any atom is -0.325 e. The topological polar surface area (TPSA) is 88.3 Å². The third kappa shape index (κ3) is 4.34. The third-order valence-electron chi connectivity index (χ3n) is 2.31. The zero-order chi connectivity index (χ0) is 13.8. The number of nitrogens with zero attached hydrogens (tertiary/aromatic N) is 2. The van der Waals surface area contributed by atoms with Gasteiger partial charge in [0.25, 0.3) is 0 Å². The molecule has 0 aromatic carbocycles. The third-order valence-corrected chi connectivity index (χ3v) is 3.89. The second-order valence-electron chi connectivity index (χ2n) is 4.47. The predicted molar refractivity (Wildman–Crippen MR) is 70.5 cm³/mol. The van der Waals surface area contributed by atoms with Crippen molar-refractivity contribution in [3.63, 3.8) is 0 Å². The monoisotopic (exact) mass is 272 g/mol. The van der Waals surface area contributed by atoms with Crippen molar-refractivity contribution < 1.29 is 8.42 Å². The molecule has 0 saturated heterocycles. The van der Waals surface area contributed by atoms with Crippen LogP contribution < -0.4 is 10.5 Å². The Bertz CT molecular complexity index is 470.